The number of ketones is 1. The number of methoxy groups -OCH3 is 1. The van der Waals surface area contributed by atoms with Gasteiger partial charge in [-0.25, -0.2) is 4.99 Å². The second-order valence-corrected chi connectivity index (χ2v) is 28.1. The molecular weight excluding hydrogens is 1020 g/mol. The Labute approximate surface area is 484 Å². The first-order valence-corrected chi connectivity index (χ1v) is 31.7. The second kappa shape index (κ2) is 19.6. The van der Waals surface area contributed by atoms with E-state index in [1.165, 1.54) is 23.1 Å². The highest BCUT2D eigenvalue weighted by atomic mass is 16.5. The molecule has 82 heavy (non-hydrogen) atoms. The Morgan fingerprint density at radius 2 is 1.72 bits per heavy atom. The maximum Gasteiger partial charge on any atom is 0.189 e. The van der Waals surface area contributed by atoms with Crippen LogP contribution in [0.2, 0.25) is 0 Å². The lowest BCUT2D eigenvalue weighted by molar-refractivity contribution is -0.130. The summed E-state index contributed by atoms with van der Waals surface area (Å²) in [5, 5.41) is 53.2. The molecule has 3 aromatic carbocycles. The number of aliphatic hydroxyl groups is 2. The van der Waals surface area contributed by atoms with Crippen LogP contribution in [0, 0.1) is 64.1 Å². The highest BCUT2D eigenvalue weighted by Crippen LogP contribution is 2.75. The standard InChI is InChI=1S/C72H83N3O7/c1-42-37-69-24-19-45-32-46-39-68(41-77)21-9-6-17-57(68)56(40-76)62(46)59(79)34-53(45)54-35-60(82-50-14-4-5-15-50)66(80)63-52(54)16-11-18-58(51-20-25-72(81-2)27-26-70(38-42)61(69)36-55(51)64(72)65(63)70)74-67(73)75-71(22-7-3-8-23-71)47-13-10-12-43(29-47)28-44-30-48(69)33-49(78)31-44/h9-10,12-13,19-21,24-25,29-31,33,35-36,42,45-46,50-51,53,55,57-58,64-65,76-78,80H,3-8,14-15,17-18,22-23,26-28,32,34,37-41H2,1-2H3,(H3,73,74,75)/b24-19+/t42-,45-,46-,51-,53+,55-,57-,58-,64-,65+,68-,69+,70-,72-/m1/s1. The number of nitrogens with zero attached hydrogens (tertiary/aromatic N) is 1. The summed E-state index contributed by atoms with van der Waals surface area (Å²) in [5.74, 6) is 7.58. The lowest BCUT2D eigenvalue weighted by Crippen LogP contribution is -2.63. The van der Waals surface area contributed by atoms with Crippen molar-refractivity contribution in [2.45, 2.75) is 176 Å². The van der Waals surface area contributed by atoms with Crippen LogP contribution >= 0.6 is 0 Å². The van der Waals surface area contributed by atoms with Gasteiger partial charge in [0.05, 0.1) is 36.5 Å². The van der Waals surface area contributed by atoms with Crippen molar-refractivity contribution in [1.82, 2.24) is 5.32 Å². The molecule has 0 amide bonds. The van der Waals surface area contributed by atoms with Gasteiger partial charge in [0.25, 0.3) is 0 Å². The van der Waals surface area contributed by atoms with Gasteiger partial charge in [-0.1, -0.05) is 116 Å². The summed E-state index contributed by atoms with van der Waals surface area (Å²) in [5.41, 5.74) is 14.4. The monoisotopic (exact) mass is 1100 g/mol. The van der Waals surface area contributed by atoms with Crippen molar-refractivity contribution in [2.75, 3.05) is 20.3 Å². The van der Waals surface area contributed by atoms with Crippen LogP contribution in [0.4, 0.5) is 0 Å². The molecular formula is C72H83N3O7. The lowest BCUT2D eigenvalue weighted by atomic mass is 9.37. The Bertz CT molecular complexity index is 3400. The SMILES string of the molecule is CO[C@]12C=C[C@@H]3[C@H]4C=C5[C@@]6(CC1)C[C@H](C)C[C@]51/C=C/[C@@H]5C[C@@H]7C[C@@]8(CO)C=CCC[C@@H]8C(CO)=C7C(=O)C[C@@H]5c5cc(OC7CCCC7)c(O)c(c5C#CC[C@H]3N=C(N)NC3(CCCCC3)c3cccc(c3)Cc3cc(O)cc1c3)[C@H]6[C@@H]42. The molecule has 1 aliphatic heterocycles. The predicted octanol–water partition coefficient (Wildman–Crippen LogP) is 12.1. The highest BCUT2D eigenvalue weighted by Gasteiger charge is 2.69. The van der Waals surface area contributed by atoms with E-state index in [4.69, 9.17) is 20.2 Å². The van der Waals surface area contributed by atoms with Crippen molar-refractivity contribution < 1.29 is 34.7 Å². The minimum atomic E-state index is -0.744. The Kier molecular flexibility index (Phi) is 12.7. The number of Topliss-reactive ketones (excluding diaryl/α,β-unsaturated/α-hetero) is 1. The number of hydrogen-bond donors (Lipinski definition) is 6. The molecule has 0 aromatic heterocycles. The number of guanidine groups is 1. The van der Waals surface area contributed by atoms with Crippen molar-refractivity contribution in [1.29, 1.82) is 0 Å². The summed E-state index contributed by atoms with van der Waals surface area (Å²) in [7, 11) is 1.88. The number of hydrogen-bond acceptors (Lipinski definition) is 10. The summed E-state index contributed by atoms with van der Waals surface area (Å²) in [6.45, 7) is 2.14. The Balaban J connectivity index is 1.06. The third kappa shape index (κ3) is 7.89. The number of fused-ring (bicyclic) bond motifs is 9. The van der Waals surface area contributed by atoms with E-state index in [0.717, 1.165) is 129 Å². The first kappa shape index (κ1) is 52.9. The van der Waals surface area contributed by atoms with E-state index in [2.05, 4.69) is 109 Å². The number of aromatic hydroxyl groups is 2. The number of nitrogens with one attached hydrogen (secondary N) is 1. The zero-order valence-corrected chi connectivity index (χ0v) is 48.1. The van der Waals surface area contributed by atoms with Crippen LogP contribution in [0.1, 0.15) is 180 Å². The zero-order chi connectivity index (χ0) is 55.9. The Hall–Kier alpha value is -5.86. The van der Waals surface area contributed by atoms with E-state index in [-0.39, 0.29) is 96.4 Å². The number of aliphatic imine (C=N–C) groups is 1. The van der Waals surface area contributed by atoms with Crippen molar-refractivity contribution in [3.05, 3.63) is 147 Å². The van der Waals surface area contributed by atoms with Gasteiger partial charge in [0.15, 0.2) is 23.2 Å². The molecule has 0 radical (unpaired) electrons. The Morgan fingerprint density at radius 3 is 2.54 bits per heavy atom. The normalized spacial score (nSPS) is 38.5. The van der Waals surface area contributed by atoms with Gasteiger partial charge in [-0.2, -0.15) is 0 Å². The van der Waals surface area contributed by atoms with E-state index in [9.17, 15) is 20.4 Å². The molecule has 0 unspecified atom stereocenters. The first-order valence-electron chi connectivity index (χ1n) is 31.7. The van der Waals surface area contributed by atoms with Gasteiger partial charge in [-0.05, 0) is 183 Å². The third-order valence-electron chi connectivity index (χ3n) is 23.9. The van der Waals surface area contributed by atoms with Crippen LogP contribution in [-0.2, 0) is 26.9 Å². The summed E-state index contributed by atoms with van der Waals surface area (Å²) in [4.78, 5) is 21.6. The highest BCUT2D eigenvalue weighted by molar-refractivity contribution is 5.98. The number of phenols is 2. The van der Waals surface area contributed by atoms with Crippen molar-refractivity contribution in [3.63, 3.8) is 0 Å². The molecule has 5 fully saturated rings. The van der Waals surface area contributed by atoms with Gasteiger partial charge in [0.2, 0.25) is 0 Å². The van der Waals surface area contributed by atoms with Crippen LogP contribution in [0.25, 0.3) is 0 Å². The van der Waals surface area contributed by atoms with Gasteiger partial charge in [-0.3, -0.25) is 4.79 Å². The maximum atomic E-state index is 15.9. The smallest absolute Gasteiger partial charge is 0.189 e. The topological polar surface area (TPSA) is 167 Å². The third-order valence-corrected chi connectivity index (χ3v) is 23.9. The fraction of sp³-hybridized carbons (Fsp3) is 0.556. The molecule has 3 aromatic rings. The second-order valence-electron chi connectivity index (χ2n) is 28.1. The van der Waals surface area contributed by atoms with Crippen LogP contribution in [0.3, 0.4) is 0 Å². The number of carbonyl (C=O) groups excluding carboxylic acids is 1. The number of carbonyl (C=O) groups is 1. The van der Waals surface area contributed by atoms with Gasteiger partial charge in [0, 0.05) is 70.7 Å². The quantitative estimate of drug-likeness (QED) is 0.108. The molecule has 7 N–H and O–H groups in total. The minimum absolute atomic E-state index is 0.0508. The molecule has 1 heterocycles. The molecule has 12 aliphatic rings. The molecule has 11 aliphatic carbocycles. The number of benzene rings is 3. The molecule has 15 bridgehead atoms. The summed E-state index contributed by atoms with van der Waals surface area (Å²) < 4.78 is 14.3. The zero-order valence-electron chi connectivity index (χ0n) is 48.1. The predicted molar refractivity (Wildman–Crippen MR) is 318 cm³/mol. The minimum Gasteiger partial charge on any atom is -0.508 e. The van der Waals surface area contributed by atoms with Gasteiger partial charge in [0.1, 0.15) is 5.75 Å². The molecule has 0 saturated heterocycles. The molecule has 10 nitrogen and oxygen atoms in total. The fourth-order valence-corrected chi connectivity index (χ4v) is 20.7. The van der Waals surface area contributed by atoms with Crippen molar-refractivity contribution in [3.8, 4) is 29.1 Å². The average Bonchev–Trinajstić information content (AvgIpc) is 1.24. The van der Waals surface area contributed by atoms with Crippen LogP contribution < -0.4 is 15.8 Å². The van der Waals surface area contributed by atoms with Crippen LogP contribution in [-0.4, -0.2) is 70.2 Å². The van der Waals surface area contributed by atoms with Crippen LogP contribution in [0.5, 0.6) is 17.2 Å². The molecule has 428 valence electrons. The number of allylic oxidation sites excluding steroid dienone is 6. The molecule has 14 atom stereocenters. The van der Waals surface area contributed by atoms with E-state index in [1.54, 1.807) is 0 Å². The average molecular weight is 1100 g/mol. The fourth-order valence-electron chi connectivity index (χ4n) is 20.7. The van der Waals surface area contributed by atoms with Crippen molar-refractivity contribution >= 4 is 11.7 Å². The molecule has 2 spiro atoms. The van der Waals surface area contributed by atoms with E-state index < -0.39 is 33.3 Å². The number of aliphatic hydroxyl groups excluding tert-OH is 2. The van der Waals surface area contributed by atoms with Gasteiger partial charge < -0.3 is 41.0 Å². The summed E-state index contributed by atoms with van der Waals surface area (Å²) in [6.07, 6.45) is 33.2. The largest absolute Gasteiger partial charge is 0.508 e. The van der Waals surface area contributed by atoms with Crippen molar-refractivity contribution in [2.24, 2.45) is 63.0 Å². The lowest BCUT2D eigenvalue weighted by Gasteiger charge is -2.67. The number of ether oxygens (including phenoxy) is 2. The Morgan fingerprint density at radius 1 is 0.878 bits per heavy atom. The van der Waals surface area contributed by atoms with Gasteiger partial charge >= 0.3 is 0 Å². The summed E-state index contributed by atoms with van der Waals surface area (Å²) >= 11 is 0. The van der Waals surface area contributed by atoms with E-state index >= 15 is 4.79 Å². The number of rotatable bonds is 5. The number of phenolic OH excluding ortho intramolecular Hbond substituents is 2. The maximum absolute atomic E-state index is 15.9. The van der Waals surface area contributed by atoms with Crippen LogP contribution in [0.15, 0.2) is 113 Å². The van der Waals surface area contributed by atoms with Gasteiger partial charge in [-0.15, -0.1) is 0 Å². The van der Waals surface area contributed by atoms with E-state index in [1.807, 2.05) is 13.2 Å². The number of nitrogens with two attached hydrogens (primary N) is 1. The molecule has 15 rings (SSSR count). The van der Waals surface area contributed by atoms with E-state index in [0.29, 0.717) is 37.4 Å². The summed E-state index contributed by atoms with van der Waals surface area (Å²) in [6, 6.07) is 17.2. The molecule has 10 heteroatoms. The molecule has 5 saturated carbocycles. The first-order chi connectivity index (χ1) is 39.8.